The van der Waals surface area contributed by atoms with Gasteiger partial charge in [-0.1, -0.05) is 19.9 Å². The Kier molecular flexibility index (Phi) is 14.7. The molecule has 14 rings (SSSR count). The van der Waals surface area contributed by atoms with Crippen molar-refractivity contribution in [1.82, 2.24) is 0 Å². The fourth-order valence-corrected chi connectivity index (χ4v) is 22.8. The number of imide groups is 2. The molecule has 0 radical (unpaired) electrons. The first-order valence-electron chi connectivity index (χ1n) is 29.7. The Morgan fingerprint density at radius 1 is 0.258 bits per heavy atom. The first-order chi connectivity index (χ1) is 43.5. The molecule has 0 bridgehead atoms. The summed E-state index contributed by atoms with van der Waals surface area (Å²) < 4.78 is 12.9. The normalized spacial score (nSPS) is 13.5. The molecule has 0 aromatic heterocycles. The van der Waals surface area contributed by atoms with Crippen LogP contribution in [0.1, 0.15) is 66.4 Å². The maximum atomic E-state index is 14.5. The zero-order valence-corrected chi connectivity index (χ0v) is 50.9. The van der Waals surface area contributed by atoms with Gasteiger partial charge in [-0.25, -0.2) is 0 Å². The van der Waals surface area contributed by atoms with Crippen LogP contribution in [0.25, 0.3) is 0 Å². The zero-order chi connectivity index (χ0) is 60.7. The second-order valence-corrected chi connectivity index (χ2v) is 30.6. The minimum absolute atomic E-state index is 0.271. The van der Waals surface area contributed by atoms with Gasteiger partial charge in [0.1, 0.15) is 0 Å². The number of amides is 4. The standard InChI is InChI=1S/C79H60N2O6P2/c1-79(2,55-42-44-59(45-43-55)86-61-46-48-71-73(53-61)77(84)80(75(71)82)57-25-22-40-69(51-57)88(63-28-9-3-10-29-63,64-30-11-4-12-31-64)65-32-13-5-14-33-65)56-24-21-27-60(50-56)87-62-47-49-72-74(54-62)78(85)81(76(72)83)58-26-23-41-70(52-58)89(66-34-15-6-16-35-66,67-36-17-7-18-37-67)68-38-19-8-20-39-68/h3-54,88-89H,1-2H3. The Labute approximate surface area is 518 Å². The van der Waals surface area contributed by atoms with Gasteiger partial charge in [-0.2, -0.15) is 0 Å². The van der Waals surface area contributed by atoms with Crippen LogP contribution in [0.3, 0.4) is 0 Å². The number of benzene rings is 12. The van der Waals surface area contributed by atoms with Gasteiger partial charge in [-0.3, -0.25) is 0 Å². The number of nitrogens with zero attached hydrogens (tertiary/aromatic N) is 2. The van der Waals surface area contributed by atoms with Crippen molar-refractivity contribution in [2.24, 2.45) is 0 Å². The quantitative estimate of drug-likeness (QED) is 0.0707. The molecule has 432 valence electrons. The van der Waals surface area contributed by atoms with Crippen molar-refractivity contribution < 1.29 is 28.7 Å². The monoisotopic (exact) mass is 1190 g/mol. The summed E-state index contributed by atoms with van der Waals surface area (Å²) in [5.74, 6) is 0.368. The van der Waals surface area contributed by atoms with E-state index in [4.69, 9.17) is 9.47 Å². The molecule has 8 nitrogen and oxygen atoms in total. The maximum absolute atomic E-state index is 14.5. The Hall–Kier alpha value is -10.6. The molecule has 0 N–H and O–H groups in total. The van der Waals surface area contributed by atoms with Crippen LogP contribution in [0, 0.1) is 0 Å². The zero-order valence-electron chi connectivity index (χ0n) is 48.9. The molecule has 0 saturated carbocycles. The van der Waals surface area contributed by atoms with Crippen molar-refractivity contribution in [2.45, 2.75) is 19.3 Å². The van der Waals surface area contributed by atoms with E-state index in [0.29, 0.717) is 45.5 Å². The van der Waals surface area contributed by atoms with Crippen molar-refractivity contribution >= 4 is 92.0 Å². The number of hydrogen-bond donors (Lipinski definition) is 0. The molecule has 0 atom stereocenters. The first-order valence-corrected chi connectivity index (χ1v) is 33.7. The van der Waals surface area contributed by atoms with Gasteiger partial charge < -0.3 is 0 Å². The summed E-state index contributed by atoms with van der Waals surface area (Å²) in [5, 5.41) is 9.20. The van der Waals surface area contributed by atoms with Gasteiger partial charge in [0.05, 0.1) is 0 Å². The molecule has 2 aliphatic heterocycles. The van der Waals surface area contributed by atoms with E-state index in [1.54, 1.807) is 36.4 Å². The molecule has 2 heterocycles. The molecular weight excluding hydrogens is 1130 g/mol. The van der Waals surface area contributed by atoms with Gasteiger partial charge in [-0.05, 0) is 5.56 Å². The number of fused-ring (bicyclic) bond motifs is 2. The van der Waals surface area contributed by atoms with Gasteiger partial charge in [0.2, 0.25) is 0 Å². The van der Waals surface area contributed by atoms with E-state index in [-0.39, 0.29) is 22.9 Å². The third-order valence-electron chi connectivity index (χ3n) is 17.6. The topological polar surface area (TPSA) is 93.2 Å². The summed E-state index contributed by atoms with van der Waals surface area (Å²) in [4.78, 5) is 60.3. The van der Waals surface area contributed by atoms with Gasteiger partial charge in [0, 0.05) is 5.41 Å². The van der Waals surface area contributed by atoms with Crippen LogP contribution in [-0.2, 0) is 5.41 Å². The Morgan fingerprint density at radius 2 is 0.562 bits per heavy atom. The number of ether oxygens (including phenoxy) is 2. The summed E-state index contributed by atoms with van der Waals surface area (Å²) in [6, 6.07) is 105. The molecule has 0 fully saturated rings. The third-order valence-corrected chi connectivity index (χ3v) is 27.2. The van der Waals surface area contributed by atoms with Crippen molar-refractivity contribution in [1.29, 1.82) is 0 Å². The molecule has 12 aromatic rings. The third kappa shape index (κ3) is 9.84. The van der Waals surface area contributed by atoms with E-state index in [1.807, 2.05) is 115 Å². The Bertz CT molecular complexity index is 4470. The molecule has 4 amide bonds. The van der Waals surface area contributed by atoms with Crippen LogP contribution >= 0.6 is 14.5 Å². The summed E-state index contributed by atoms with van der Waals surface area (Å²) in [6.07, 6.45) is 0. The van der Waals surface area contributed by atoms with E-state index in [9.17, 15) is 19.2 Å². The summed E-state index contributed by atoms with van der Waals surface area (Å²) in [5.41, 5.74) is 3.67. The van der Waals surface area contributed by atoms with Crippen molar-refractivity contribution in [2.75, 3.05) is 9.80 Å². The van der Waals surface area contributed by atoms with E-state index in [0.717, 1.165) is 21.7 Å². The summed E-state index contributed by atoms with van der Waals surface area (Å²) in [6.45, 7) is 4.27. The average molecular weight is 1200 g/mol. The second-order valence-electron chi connectivity index (χ2n) is 23.0. The predicted octanol–water partition coefficient (Wildman–Crippen LogP) is 13.9. The van der Waals surface area contributed by atoms with Crippen LogP contribution < -0.4 is 61.7 Å². The van der Waals surface area contributed by atoms with Crippen LogP contribution in [0.4, 0.5) is 11.4 Å². The van der Waals surface area contributed by atoms with Crippen LogP contribution in [0.15, 0.2) is 315 Å². The molecule has 0 aliphatic carbocycles. The SMILES string of the molecule is CC(C)(c1ccc(Oc2ccc3c(c2)C(=O)N(c2cccc([PH](c4ccccc4)(c4ccccc4)c4ccccc4)c2)C3=O)cc1)c1cccc(Oc2ccc3c(c2)C(=O)N(c2cccc([PH](c4ccccc4)(c4ccccc4)c4ccccc4)c2)C3=O)c1. The molecule has 0 unspecified atom stereocenters. The van der Waals surface area contributed by atoms with Crippen LogP contribution in [0.2, 0.25) is 0 Å². The Morgan fingerprint density at radius 3 is 0.933 bits per heavy atom. The molecule has 2 aliphatic rings. The van der Waals surface area contributed by atoms with Gasteiger partial charge in [0.25, 0.3) is 0 Å². The average Bonchev–Trinajstić information content (AvgIpc) is 1.18. The van der Waals surface area contributed by atoms with Gasteiger partial charge in [-0.15, -0.1) is 0 Å². The number of carbonyl (C=O) groups excluding carboxylic acids is 4. The fraction of sp³-hybridized carbons (Fsp3) is 0.0380. The minimum atomic E-state index is -2.95. The first kappa shape index (κ1) is 56.2. The van der Waals surface area contributed by atoms with E-state index < -0.39 is 31.8 Å². The van der Waals surface area contributed by atoms with Gasteiger partial charge in [0.15, 0.2) is 0 Å². The Balaban J connectivity index is 0.681. The molecule has 0 saturated heterocycles. The van der Waals surface area contributed by atoms with Crippen molar-refractivity contribution in [3.63, 3.8) is 0 Å². The van der Waals surface area contributed by atoms with Gasteiger partial charge >= 0.3 is 491 Å². The van der Waals surface area contributed by atoms with Crippen molar-refractivity contribution in [3.8, 4) is 23.0 Å². The molecular formula is C79H60N2O6P2. The second kappa shape index (κ2) is 23.2. The molecule has 12 aromatic carbocycles. The van der Waals surface area contributed by atoms with Crippen LogP contribution in [0.5, 0.6) is 23.0 Å². The van der Waals surface area contributed by atoms with Crippen LogP contribution in [-0.4, -0.2) is 23.6 Å². The van der Waals surface area contributed by atoms with Crippen molar-refractivity contribution in [3.05, 3.63) is 349 Å². The number of rotatable bonds is 16. The van der Waals surface area contributed by atoms with E-state index >= 15 is 0 Å². The summed E-state index contributed by atoms with van der Waals surface area (Å²) in [7, 11) is -5.90. The summed E-state index contributed by atoms with van der Waals surface area (Å²) >= 11 is 0. The molecule has 0 spiro atoms. The number of hydrogen-bond acceptors (Lipinski definition) is 6. The molecule has 89 heavy (non-hydrogen) atoms. The fourth-order valence-electron chi connectivity index (χ4n) is 13.2. The van der Waals surface area contributed by atoms with E-state index in [1.165, 1.54) is 41.6 Å². The number of carbonyl (C=O) groups is 4. The predicted molar refractivity (Wildman–Crippen MR) is 366 cm³/mol. The molecule has 10 heteroatoms. The number of anilines is 2. The van der Waals surface area contributed by atoms with E-state index in [2.05, 4.69) is 178 Å².